The number of phosphoric acid groups is 1. The van der Waals surface area contributed by atoms with Crippen molar-refractivity contribution in [3.8, 4) is 11.3 Å². The molecule has 3 unspecified atom stereocenters. The molecule has 2 aromatic heterocycles. The van der Waals surface area contributed by atoms with E-state index < -0.39 is 64.3 Å². The molecule has 0 aliphatic carbocycles. The van der Waals surface area contributed by atoms with E-state index in [1.54, 1.807) is 42.6 Å². The molecule has 58 heavy (non-hydrogen) atoms. The molecule has 4 aromatic carbocycles. The number of aryl methyl sites for hydroxylation is 1. The predicted molar refractivity (Wildman–Crippen MR) is 218 cm³/mol. The second-order valence-electron chi connectivity index (χ2n) is 13.8. The number of benzene rings is 4. The monoisotopic (exact) mass is 828 g/mol. The Hall–Kier alpha value is -5.57. The third-order valence-corrected chi connectivity index (χ3v) is 12.6. The van der Waals surface area contributed by atoms with E-state index in [9.17, 15) is 28.5 Å². The molecule has 1 saturated heterocycles. The van der Waals surface area contributed by atoms with Crippen LogP contribution >= 0.6 is 15.4 Å². The summed E-state index contributed by atoms with van der Waals surface area (Å²) in [6.07, 6.45) is -1.61. The summed E-state index contributed by atoms with van der Waals surface area (Å²) >= 11 is 0. The number of hydrogen-bond donors (Lipinski definition) is 5. The Labute approximate surface area is 333 Å². The fourth-order valence-electron chi connectivity index (χ4n) is 6.70. The van der Waals surface area contributed by atoms with Crippen molar-refractivity contribution in [3.05, 3.63) is 149 Å². The maximum atomic E-state index is 14.2. The number of ether oxygens (including phenoxy) is 2. The van der Waals surface area contributed by atoms with Crippen LogP contribution in [0, 0.1) is 12.8 Å². The second kappa shape index (κ2) is 17.5. The highest BCUT2D eigenvalue weighted by atomic mass is 31.3. The van der Waals surface area contributed by atoms with Crippen LogP contribution in [0.1, 0.15) is 23.8 Å². The molecule has 6 N–H and O–H groups in total. The quantitative estimate of drug-likeness (QED) is 0.0511. The Balaban J connectivity index is 1.19. The molecule has 0 saturated carbocycles. The molecule has 6 atom stereocenters. The lowest BCUT2D eigenvalue weighted by Crippen LogP contribution is -2.38. The number of amides is 1. The van der Waals surface area contributed by atoms with E-state index in [1.807, 2.05) is 61.5 Å². The number of para-hydroxylation sites is 2. The average molecular weight is 829 g/mol. The van der Waals surface area contributed by atoms with Gasteiger partial charge < -0.3 is 30.3 Å². The van der Waals surface area contributed by atoms with E-state index in [4.69, 9.17) is 24.0 Å². The Kier molecular flexibility index (Phi) is 12.3. The number of nitrogens with one attached hydrogen (secondary N) is 2. The number of carbonyl (C=O) groups excluding carboxylic acids is 1. The van der Waals surface area contributed by atoms with E-state index in [-0.39, 0.29) is 6.42 Å². The van der Waals surface area contributed by atoms with Crippen molar-refractivity contribution in [2.75, 3.05) is 29.5 Å². The minimum atomic E-state index is -5.24. The van der Waals surface area contributed by atoms with Gasteiger partial charge in [0, 0.05) is 47.5 Å². The zero-order valence-corrected chi connectivity index (χ0v) is 33.0. The zero-order chi connectivity index (χ0) is 40.9. The van der Waals surface area contributed by atoms with E-state index in [0.717, 1.165) is 16.8 Å². The van der Waals surface area contributed by atoms with Gasteiger partial charge in [0.1, 0.15) is 24.1 Å². The van der Waals surface area contributed by atoms with Crippen LogP contribution in [-0.4, -0.2) is 55.2 Å². The summed E-state index contributed by atoms with van der Waals surface area (Å²) in [6, 6.07) is 33.3. The molecule has 6 aromatic rings. The van der Waals surface area contributed by atoms with Crippen molar-refractivity contribution in [2.24, 2.45) is 5.92 Å². The lowest BCUT2D eigenvalue weighted by molar-refractivity contribution is -0.0481. The zero-order valence-electron chi connectivity index (χ0n) is 31.2. The fraction of sp³-hybridized carbons (Fsp3) is 0.225. The normalized spacial score (nSPS) is 19.9. The van der Waals surface area contributed by atoms with Crippen LogP contribution < -0.4 is 22.1 Å². The van der Waals surface area contributed by atoms with Crippen LogP contribution in [0.2, 0.25) is 0 Å². The Bertz CT molecular complexity index is 2500. The summed E-state index contributed by atoms with van der Waals surface area (Å²) in [5.41, 5.74) is 10.1. The third kappa shape index (κ3) is 10.1. The van der Waals surface area contributed by atoms with Crippen LogP contribution in [0.4, 0.5) is 21.9 Å². The summed E-state index contributed by atoms with van der Waals surface area (Å²) < 4.78 is 51.4. The second-order valence-corrected chi connectivity index (χ2v) is 17.2. The molecule has 0 bridgehead atoms. The van der Waals surface area contributed by atoms with Crippen molar-refractivity contribution >= 4 is 44.2 Å². The SMILES string of the molecule is Cc1ccc(-c2cn3c(=O)n([C@@H]4O[C@H](COP(=O)(O)OP(=O)(O)Cc5ccc(N)cc5)C(OC(=O)Nc5ccccc5)[C@@H]4CCNc4ccccc4)ccc3n2)cc1. The highest BCUT2D eigenvalue weighted by Gasteiger charge is 2.49. The Morgan fingerprint density at radius 1 is 0.914 bits per heavy atom. The van der Waals surface area contributed by atoms with E-state index in [1.165, 1.54) is 39.4 Å². The molecular weight excluding hydrogens is 786 g/mol. The number of rotatable bonds is 15. The highest BCUT2D eigenvalue weighted by molar-refractivity contribution is 7.63. The first-order chi connectivity index (χ1) is 27.8. The first kappa shape index (κ1) is 40.6. The van der Waals surface area contributed by atoms with Gasteiger partial charge in [-0.3, -0.25) is 23.4 Å². The molecule has 18 heteroatoms. The summed E-state index contributed by atoms with van der Waals surface area (Å²) in [5.74, 6) is -0.755. The lowest BCUT2D eigenvalue weighted by Gasteiger charge is -2.25. The molecule has 1 fully saturated rings. The van der Waals surface area contributed by atoms with Gasteiger partial charge >= 0.3 is 27.2 Å². The van der Waals surface area contributed by atoms with Gasteiger partial charge in [-0.25, -0.2) is 23.4 Å². The van der Waals surface area contributed by atoms with Crippen LogP contribution in [0.25, 0.3) is 16.9 Å². The molecule has 302 valence electrons. The molecule has 0 spiro atoms. The number of carbonyl (C=O) groups is 1. The van der Waals surface area contributed by atoms with Gasteiger partial charge in [-0.15, -0.1) is 0 Å². The molecule has 16 nitrogen and oxygen atoms in total. The average Bonchev–Trinajstić information content (AvgIpc) is 3.78. The highest BCUT2D eigenvalue weighted by Crippen LogP contribution is 2.61. The standard InChI is InChI=1S/C40H42N6O10P2/c1-27-12-16-29(17-13-27)34-24-46-36(44-34)21-23-45(40(46)48)38-33(20-22-42-31-8-4-2-5-9-31)37(55-39(47)43-32-10-6-3-7-11-32)35(54-38)25-53-58(51,52)56-57(49,50)26-28-14-18-30(41)19-15-28/h2-19,21,23-24,33,35,37-38,42H,20,22,25-26,41H2,1H3,(H,43,47)(H,49,50)(H,51,52)/t33-,35+,37?,38+/m0/s1. The first-order valence-electron chi connectivity index (χ1n) is 18.3. The lowest BCUT2D eigenvalue weighted by atomic mass is 9.95. The van der Waals surface area contributed by atoms with Gasteiger partial charge in [0.05, 0.1) is 18.5 Å². The third-order valence-electron chi connectivity index (χ3n) is 9.47. The van der Waals surface area contributed by atoms with Gasteiger partial charge in [0.2, 0.25) is 0 Å². The molecular formula is C40H42N6O10P2. The topological polar surface area (TPSA) is 218 Å². The number of nitrogen functional groups attached to an aromatic ring is 1. The predicted octanol–water partition coefficient (Wildman–Crippen LogP) is 7.21. The fourth-order valence-corrected chi connectivity index (χ4v) is 9.41. The number of anilines is 3. The largest absolute Gasteiger partial charge is 0.479 e. The molecule has 1 aliphatic rings. The summed E-state index contributed by atoms with van der Waals surface area (Å²) in [4.78, 5) is 53.6. The van der Waals surface area contributed by atoms with Gasteiger partial charge in [-0.1, -0.05) is 78.4 Å². The summed E-state index contributed by atoms with van der Waals surface area (Å²) in [7, 11) is -9.98. The molecule has 1 amide bonds. The number of aromatic nitrogens is 3. The van der Waals surface area contributed by atoms with E-state index in [0.29, 0.717) is 34.8 Å². The van der Waals surface area contributed by atoms with Crippen LogP contribution in [-0.2, 0) is 33.6 Å². The van der Waals surface area contributed by atoms with Crippen molar-refractivity contribution < 1.29 is 42.0 Å². The van der Waals surface area contributed by atoms with Gasteiger partial charge in [-0.2, -0.15) is 0 Å². The van der Waals surface area contributed by atoms with Crippen LogP contribution in [0.5, 0.6) is 0 Å². The Morgan fingerprint density at radius 3 is 2.28 bits per heavy atom. The van der Waals surface area contributed by atoms with E-state index in [2.05, 4.69) is 15.6 Å². The number of phosphoric ester groups is 1. The summed E-state index contributed by atoms with van der Waals surface area (Å²) in [6.45, 7) is 1.57. The van der Waals surface area contributed by atoms with Crippen molar-refractivity contribution in [3.63, 3.8) is 0 Å². The van der Waals surface area contributed by atoms with Crippen LogP contribution in [0.3, 0.4) is 0 Å². The van der Waals surface area contributed by atoms with Crippen molar-refractivity contribution in [1.82, 2.24) is 14.0 Å². The first-order valence-corrected chi connectivity index (χ1v) is 21.6. The number of hydrogen-bond acceptors (Lipinski definition) is 11. The van der Waals surface area contributed by atoms with E-state index >= 15 is 0 Å². The number of fused-ring (bicyclic) bond motifs is 1. The molecule has 1 aliphatic heterocycles. The summed E-state index contributed by atoms with van der Waals surface area (Å²) in [5, 5.41) is 6.00. The minimum Gasteiger partial charge on any atom is -0.443 e. The van der Waals surface area contributed by atoms with Crippen molar-refractivity contribution in [1.29, 1.82) is 0 Å². The number of nitrogens with zero attached hydrogens (tertiary/aromatic N) is 3. The maximum Gasteiger partial charge on any atom is 0.479 e. The Morgan fingerprint density at radius 2 is 1.59 bits per heavy atom. The molecule has 7 rings (SSSR count). The number of nitrogens with two attached hydrogens (primary N) is 1. The van der Waals surface area contributed by atoms with Gasteiger partial charge in [0.15, 0.2) is 0 Å². The van der Waals surface area contributed by atoms with Crippen LogP contribution in [0.15, 0.2) is 132 Å². The minimum absolute atomic E-state index is 0.267. The number of imidazole rings is 1. The smallest absolute Gasteiger partial charge is 0.443 e. The van der Waals surface area contributed by atoms with Crippen molar-refractivity contribution in [2.45, 2.75) is 37.9 Å². The van der Waals surface area contributed by atoms with Gasteiger partial charge in [0.25, 0.3) is 0 Å². The molecule has 0 radical (unpaired) electrons. The molecule has 3 heterocycles. The van der Waals surface area contributed by atoms with Gasteiger partial charge in [-0.05, 0) is 61.4 Å². The maximum absolute atomic E-state index is 14.2.